The second-order valence-electron chi connectivity index (χ2n) is 7.70. The number of Topliss-reactive ketones (excluding diaryl/α,β-unsaturated/α-hetero) is 1. The molecule has 0 amide bonds. The van der Waals surface area contributed by atoms with Gasteiger partial charge in [0.05, 0.1) is 6.10 Å². The maximum atomic E-state index is 12.0. The quantitative estimate of drug-likeness (QED) is 0.788. The van der Waals surface area contributed by atoms with Crippen molar-refractivity contribution in [1.82, 2.24) is 0 Å². The van der Waals surface area contributed by atoms with E-state index in [0.29, 0.717) is 23.0 Å². The molecule has 3 aliphatic rings. The number of carbonyl (C=O) groups excluding carboxylic acids is 1. The summed E-state index contributed by atoms with van der Waals surface area (Å²) in [5.41, 5.74) is 0.329. The SMILES string of the molecule is CC1C(=O)CC[C@@H]2C1CC[C@@]1(C)C2CC[C@@H]1C(C)O. The van der Waals surface area contributed by atoms with Crippen molar-refractivity contribution in [1.29, 1.82) is 0 Å². The summed E-state index contributed by atoms with van der Waals surface area (Å²) in [6.07, 6.45) is 6.61. The summed E-state index contributed by atoms with van der Waals surface area (Å²) in [5.74, 6) is 3.39. The topological polar surface area (TPSA) is 37.3 Å². The van der Waals surface area contributed by atoms with Gasteiger partial charge in [0.15, 0.2) is 0 Å². The lowest BCUT2D eigenvalue weighted by Gasteiger charge is -2.52. The van der Waals surface area contributed by atoms with Crippen molar-refractivity contribution in [3.8, 4) is 0 Å². The average molecular weight is 264 g/mol. The molecule has 2 nitrogen and oxygen atoms in total. The van der Waals surface area contributed by atoms with E-state index in [4.69, 9.17) is 0 Å². The molecule has 0 radical (unpaired) electrons. The lowest BCUT2D eigenvalue weighted by molar-refractivity contribution is -0.133. The van der Waals surface area contributed by atoms with Gasteiger partial charge in [0.1, 0.15) is 5.78 Å². The molecule has 108 valence electrons. The Balaban J connectivity index is 1.86. The van der Waals surface area contributed by atoms with Crippen molar-refractivity contribution in [3.05, 3.63) is 0 Å². The van der Waals surface area contributed by atoms with Crippen LogP contribution in [0.5, 0.6) is 0 Å². The molecule has 4 unspecified atom stereocenters. The van der Waals surface area contributed by atoms with Crippen LogP contribution in [0, 0.1) is 35.0 Å². The third-order valence-electron chi connectivity index (χ3n) is 7.02. The van der Waals surface area contributed by atoms with E-state index in [9.17, 15) is 9.90 Å². The summed E-state index contributed by atoms with van der Waals surface area (Å²) < 4.78 is 0. The molecule has 3 saturated carbocycles. The molecule has 0 aromatic heterocycles. The smallest absolute Gasteiger partial charge is 0.135 e. The molecule has 19 heavy (non-hydrogen) atoms. The minimum absolute atomic E-state index is 0.172. The van der Waals surface area contributed by atoms with Gasteiger partial charge in [-0.15, -0.1) is 0 Å². The zero-order chi connectivity index (χ0) is 13.8. The average Bonchev–Trinajstić information content (AvgIpc) is 2.71. The molecule has 0 saturated heterocycles. The van der Waals surface area contributed by atoms with E-state index in [2.05, 4.69) is 13.8 Å². The van der Waals surface area contributed by atoms with Crippen LogP contribution in [-0.2, 0) is 4.79 Å². The Labute approximate surface area is 117 Å². The van der Waals surface area contributed by atoms with E-state index in [1.54, 1.807) is 0 Å². The van der Waals surface area contributed by atoms with Crippen LogP contribution in [0.4, 0.5) is 0 Å². The summed E-state index contributed by atoms with van der Waals surface area (Å²) in [7, 11) is 0. The Morgan fingerprint density at radius 3 is 2.63 bits per heavy atom. The molecule has 1 N–H and O–H groups in total. The Morgan fingerprint density at radius 2 is 1.95 bits per heavy atom. The number of carbonyl (C=O) groups is 1. The number of ketones is 1. The third kappa shape index (κ3) is 1.90. The Kier molecular flexibility index (Phi) is 3.28. The summed E-state index contributed by atoms with van der Waals surface area (Å²) in [6.45, 7) is 6.54. The predicted octanol–water partition coefficient (Wildman–Crippen LogP) is 3.42. The number of rotatable bonds is 1. The third-order valence-corrected chi connectivity index (χ3v) is 7.02. The highest BCUT2D eigenvalue weighted by Crippen LogP contribution is 2.62. The largest absolute Gasteiger partial charge is 0.393 e. The number of aliphatic hydroxyl groups is 1. The van der Waals surface area contributed by atoms with E-state index in [1.807, 2.05) is 6.92 Å². The normalized spacial score (nSPS) is 51.6. The van der Waals surface area contributed by atoms with Crippen LogP contribution in [0.3, 0.4) is 0 Å². The molecule has 0 aromatic rings. The van der Waals surface area contributed by atoms with Crippen LogP contribution >= 0.6 is 0 Å². The Hall–Kier alpha value is -0.370. The van der Waals surface area contributed by atoms with Gasteiger partial charge in [-0.3, -0.25) is 4.79 Å². The molecule has 0 bridgehead atoms. The maximum Gasteiger partial charge on any atom is 0.135 e. The van der Waals surface area contributed by atoms with Crippen LogP contribution in [0.2, 0.25) is 0 Å². The first kappa shape index (κ1) is 13.6. The molecule has 7 atom stereocenters. The number of hydrogen-bond donors (Lipinski definition) is 1. The number of aliphatic hydroxyl groups excluding tert-OH is 1. The standard InChI is InChI=1S/C17H28O2/c1-10-12-8-9-17(3)14(11(2)18)5-6-15(17)13(12)4-7-16(10)19/h10-15,18H,4-9H2,1-3H3/t10?,11?,12?,13-,14-,15?,17-/m1/s1. The highest BCUT2D eigenvalue weighted by atomic mass is 16.3. The molecule has 0 spiro atoms. The van der Waals surface area contributed by atoms with Gasteiger partial charge >= 0.3 is 0 Å². The lowest BCUT2D eigenvalue weighted by Crippen LogP contribution is -2.48. The predicted molar refractivity (Wildman–Crippen MR) is 75.6 cm³/mol. The van der Waals surface area contributed by atoms with E-state index in [1.165, 1.54) is 25.7 Å². The van der Waals surface area contributed by atoms with E-state index < -0.39 is 0 Å². The van der Waals surface area contributed by atoms with Crippen molar-refractivity contribution < 1.29 is 9.90 Å². The van der Waals surface area contributed by atoms with Gasteiger partial charge < -0.3 is 5.11 Å². The second-order valence-corrected chi connectivity index (χ2v) is 7.70. The van der Waals surface area contributed by atoms with E-state index in [-0.39, 0.29) is 12.0 Å². The van der Waals surface area contributed by atoms with Crippen molar-refractivity contribution in [3.63, 3.8) is 0 Å². The van der Waals surface area contributed by atoms with Gasteiger partial charge in [-0.25, -0.2) is 0 Å². The first-order valence-electron chi connectivity index (χ1n) is 8.16. The summed E-state index contributed by atoms with van der Waals surface area (Å²) in [4.78, 5) is 12.0. The maximum absolute atomic E-state index is 12.0. The van der Waals surface area contributed by atoms with Crippen molar-refractivity contribution in [2.45, 2.75) is 65.4 Å². The van der Waals surface area contributed by atoms with Crippen LogP contribution in [-0.4, -0.2) is 17.0 Å². The van der Waals surface area contributed by atoms with Gasteiger partial charge in [-0.2, -0.15) is 0 Å². The zero-order valence-corrected chi connectivity index (χ0v) is 12.6. The van der Waals surface area contributed by atoms with Gasteiger partial charge in [-0.1, -0.05) is 13.8 Å². The Bertz CT molecular complexity index is 375. The molecule has 2 heteroatoms. The fraction of sp³-hybridized carbons (Fsp3) is 0.941. The summed E-state index contributed by atoms with van der Waals surface area (Å²) in [5, 5.41) is 10.1. The number of hydrogen-bond acceptors (Lipinski definition) is 2. The zero-order valence-electron chi connectivity index (χ0n) is 12.6. The molecular formula is C17H28O2. The van der Waals surface area contributed by atoms with Gasteiger partial charge in [0, 0.05) is 12.3 Å². The molecule has 0 aliphatic heterocycles. The van der Waals surface area contributed by atoms with Crippen molar-refractivity contribution in [2.24, 2.45) is 35.0 Å². The minimum Gasteiger partial charge on any atom is -0.393 e. The highest BCUT2D eigenvalue weighted by Gasteiger charge is 2.56. The van der Waals surface area contributed by atoms with Gasteiger partial charge in [-0.05, 0) is 68.1 Å². The first-order chi connectivity index (χ1) is 8.95. The van der Waals surface area contributed by atoms with Crippen LogP contribution in [0.1, 0.15) is 59.3 Å². The first-order valence-corrected chi connectivity index (χ1v) is 8.16. The fourth-order valence-electron chi connectivity index (χ4n) is 5.96. The molecule has 3 fully saturated rings. The molecule has 0 aromatic carbocycles. The fourth-order valence-corrected chi connectivity index (χ4v) is 5.96. The molecular weight excluding hydrogens is 236 g/mol. The lowest BCUT2D eigenvalue weighted by atomic mass is 9.52. The summed E-state index contributed by atoms with van der Waals surface area (Å²) >= 11 is 0. The highest BCUT2D eigenvalue weighted by molar-refractivity contribution is 5.81. The number of fused-ring (bicyclic) bond motifs is 3. The monoisotopic (exact) mass is 264 g/mol. The van der Waals surface area contributed by atoms with Crippen LogP contribution < -0.4 is 0 Å². The van der Waals surface area contributed by atoms with Gasteiger partial charge in [0.25, 0.3) is 0 Å². The second kappa shape index (κ2) is 4.58. The van der Waals surface area contributed by atoms with E-state index >= 15 is 0 Å². The van der Waals surface area contributed by atoms with Gasteiger partial charge in [0.2, 0.25) is 0 Å². The van der Waals surface area contributed by atoms with Crippen molar-refractivity contribution >= 4 is 5.78 Å². The van der Waals surface area contributed by atoms with E-state index in [0.717, 1.165) is 24.7 Å². The van der Waals surface area contributed by atoms with Crippen LogP contribution in [0.25, 0.3) is 0 Å². The van der Waals surface area contributed by atoms with Crippen molar-refractivity contribution in [2.75, 3.05) is 0 Å². The molecule has 3 aliphatic carbocycles. The molecule has 3 rings (SSSR count). The molecule has 0 heterocycles. The summed E-state index contributed by atoms with van der Waals surface area (Å²) in [6, 6.07) is 0. The minimum atomic E-state index is -0.172. The Morgan fingerprint density at radius 1 is 1.21 bits per heavy atom. The van der Waals surface area contributed by atoms with Crippen LogP contribution in [0.15, 0.2) is 0 Å².